The lowest BCUT2D eigenvalue weighted by atomic mass is 10.0. The molecule has 0 aliphatic heterocycles. The van der Waals surface area contributed by atoms with Crippen LogP contribution in [0.15, 0.2) is 66.7 Å². The third-order valence-corrected chi connectivity index (χ3v) is 6.41. The van der Waals surface area contributed by atoms with Crippen LogP contribution in [0.3, 0.4) is 0 Å². The van der Waals surface area contributed by atoms with Gasteiger partial charge in [-0.05, 0) is 48.2 Å². The number of carbonyl (C=O) groups excluding carboxylic acids is 2. The fourth-order valence-corrected chi connectivity index (χ4v) is 4.56. The van der Waals surface area contributed by atoms with Crippen molar-refractivity contribution < 1.29 is 23.5 Å². The fourth-order valence-electron chi connectivity index (χ4n) is 4.56. The number of nitrogens with zero attached hydrogens (tertiary/aromatic N) is 1. The highest BCUT2D eigenvalue weighted by Crippen LogP contribution is 2.33. The van der Waals surface area contributed by atoms with Gasteiger partial charge >= 0.3 is 0 Å². The van der Waals surface area contributed by atoms with Crippen LogP contribution in [0.4, 0.5) is 8.78 Å². The monoisotopic (exact) mass is 519 g/mol. The maximum atomic E-state index is 13.7. The van der Waals surface area contributed by atoms with Gasteiger partial charge in [0.1, 0.15) is 0 Å². The maximum absolute atomic E-state index is 13.7. The number of carbonyl (C=O) groups is 2. The summed E-state index contributed by atoms with van der Waals surface area (Å²) in [6.45, 7) is 6.04. The third-order valence-electron chi connectivity index (χ3n) is 6.41. The van der Waals surface area contributed by atoms with Crippen molar-refractivity contribution in [1.82, 2.24) is 15.2 Å². The summed E-state index contributed by atoms with van der Waals surface area (Å²) in [7, 11) is 0. The number of hydrogen-bond donors (Lipinski definition) is 3. The van der Waals surface area contributed by atoms with Crippen molar-refractivity contribution in [2.45, 2.75) is 45.8 Å². The van der Waals surface area contributed by atoms with E-state index in [1.807, 2.05) is 48.7 Å². The maximum Gasteiger partial charge on any atom is 0.254 e. The number of fused-ring (bicyclic) bond motifs is 1. The first-order valence-corrected chi connectivity index (χ1v) is 12.5. The van der Waals surface area contributed by atoms with Crippen molar-refractivity contribution in [2.24, 2.45) is 0 Å². The molecule has 0 saturated heterocycles. The first kappa shape index (κ1) is 27.0. The molecule has 4 rings (SSSR count). The van der Waals surface area contributed by atoms with Crippen LogP contribution < -0.4 is 10.6 Å². The Balaban J connectivity index is 1.79. The number of aliphatic hydroxyl groups excluding tert-OH is 1. The molecule has 0 aliphatic carbocycles. The molecule has 2 amide bonds. The summed E-state index contributed by atoms with van der Waals surface area (Å²) < 4.78 is 29.1. The average molecular weight is 520 g/mol. The molecule has 0 fully saturated rings. The molecular weight excluding hydrogens is 488 g/mol. The van der Waals surface area contributed by atoms with E-state index in [1.54, 1.807) is 25.1 Å². The second kappa shape index (κ2) is 11.6. The van der Waals surface area contributed by atoms with Crippen LogP contribution in [-0.2, 0) is 13.1 Å². The first-order chi connectivity index (χ1) is 18.2. The molecule has 1 atom stereocenters. The SMILES string of the molecule is CC(C)c1c(C(=O)NCc2ccc(F)c(F)c2)c2ccc(C(=O)N[C@H](C)CO)cc2n1Cc1ccccc1. The van der Waals surface area contributed by atoms with Crippen LogP contribution >= 0.6 is 0 Å². The van der Waals surface area contributed by atoms with E-state index < -0.39 is 17.7 Å². The van der Waals surface area contributed by atoms with E-state index in [-0.39, 0.29) is 30.9 Å². The predicted octanol–water partition coefficient (Wildman–Crippen LogP) is 5.13. The average Bonchev–Trinajstić information content (AvgIpc) is 3.23. The Bertz CT molecular complexity index is 1460. The van der Waals surface area contributed by atoms with Gasteiger partial charge in [-0.3, -0.25) is 9.59 Å². The summed E-state index contributed by atoms with van der Waals surface area (Å²) in [5, 5.41) is 15.6. The van der Waals surface area contributed by atoms with E-state index in [2.05, 4.69) is 10.6 Å². The molecule has 0 spiro atoms. The lowest BCUT2D eigenvalue weighted by molar-refractivity contribution is 0.0920. The van der Waals surface area contributed by atoms with Crippen LogP contribution in [0.2, 0.25) is 0 Å². The highest BCUT2D eigenvalue weighted by molar-refractivity contribution is 6.10. The molecule has 0 saturated carbocycles. The number of halogens is 2. The standard InChI is InChI=1S/C30H31F2N3O3/c1-18(2)28-27(30(38)33-15-21-9-12-24(31)25(32)13-21)23-11-10-22(29(37)34-19(3)17-36)14-26(23)35(28)16-20-7-5-4-6-8-20/h4-14,18-19,36H,15-17H2,1-3H3,(H,33,38)(H,34,37)/t19-/m1/s1. The molecule has 0 unspecified atom stereocenters. The van der Waals surface area contributed by atoms with Gasteiger partial charge in [0.2, 0.25) is 0 Å². The number of amides is 2. The minimum atomic E-state index is -0.972. The number of aromatic nitrogens is 1. The highest BCUT2D eigenvalue weighted by Gasteiger charge is 2.25. The zero-order chi connectivity index (χ0) is 27.4. The normalized spacial score (nSPS) is 12.1. The van der Waals surface area contributed by atoms with Gasteiger partial charge in [0.15, 0.2) is 11.6 Å². The Morgan fingerprint density at radius 1 is 0.895 bits per heavy atom. The molecule has 0 bridgehead atoms. The van der Waals surface area contributed by atoms with Crippen LogP contribution in [0.1, 0.15) is 64.2 Å². The number of benzene rings is 3. The van der Waals surface area contributed by atoms with Crippen LogP contribution in [0.25, 0.3) is 10.9 Å². The van der Waals surface area contributed by atoms with E-state index in [1.165, 1.54) is 6.07 Å². The summed E-state index contributed by atoms with van der Waals surface area (Å²) in [6, 6.07) is 18.1. The summed E-state index contributed by atoms with van der Waals surface area (Å²) in [5.41, 5.74) is 3.88. The summed E-state index contributed by atoms with van der Waals surface area (Å²) >= 11 is 0. The Hall–Kier alpha value is -4.04. The minimum absolute atomic E-state index is 0.0263. The second-order valence-corrected chi connectivity index (χ2v) is 9.71. The fraction of sp³-hybridized carbons (Fsp3) is 0.267. The van der Waals surface area contributed by atoms with Gasteiger partial charge < -0.3 is 20.3 Å². The van der Waals surface area contributed by atoms with Gasteiger partial charge in [0, 0.05) is 35.8 Å². The molecule has 4 aromatic rings. The molecule has 6 nitrogen and oxygen atoms in total. The molecule has 0 aliphatic rings. The molecule has 1 heterocycles. The van der Waals surface area contributed by atoms with Crippen molar-refractivity contribution in [3.05, 3.63) is 106 Å². The summed E-state index contributed by atoms with van der Waals surface area (Å²) in [6.07, 6.45) is 0. The van der Waals surface area contributed by atoms with Gasteiger partial charge in [0.05, 0.1) is 17.7 Å². The van der Waals surface area contributed by atoms with E-state index >= 15 is 0 Å². The Morgan fingerprint density at radius 3 is 2.29 bits per heavy atom. The van der Waals surface area contributed by atoms with Crippen LogP contribution in [-0.4, -0.2) is 34.1 Å². The molecule has 8 heteroatoms. The number of aliphatic hydroxyl groups is 1. The van der Waals surface area contributed by atoms with Crippen LogP contribution in [0.5, 0.6) is 0 Å². The number of nitrogens with one attached hydrogen (secondary N) is 2. The van der Waals surface area contributed by atoms with Crippen molar-refractivity contribution >= 4 is 22.7 Å². The summed E-state index contributed by atoms with van der Waals surface area (Å²) in [4.78, 5) is 26.4. The molecule has 1 aromatic heterocycles. The van der Waals surface area contributed by atoms with Gasteiger partial charge in [-0.1, -0.05) is 56.3 Å². The smallest absolute Gasteiger partial charge is 0.254 e. The third kappa shape index (κ3) is 5.75. The molecule has 3 N–H and O–H groups in total. The molecule has 198 valence electrons. The molecule has 38 heavy (non-hydrogen) atoms. The predicted molar refractivity (Wildman–Crippen MR) is 143 cm³/mol. The molecular formula is C30H31F2N3O3. The van der Waals surface area contributed by atoms with Crippen molar-refractivity contribution in [2.75, 3.05) is 6.61 Å². The zero-order valence-corrected chi connectivity index (χ0v) is 21.6. The second-order valence-electron chi connectivity index (χ2n) is 9.71. The van der Waals surface area contributed by atoms with Gasteiger partial charge in [-0.2, -0.15) is 0 Å². The Morgan fingerprint density at radius 2 is 1.63 bits per heavy atom. The van der Waals surface area contributed by atoms with Crippen molar-refractivity contribution in [3.8, 4) is 0 Å². The number of rotatable bonds is 9. The zero-order valence-electron chi connectivity index (χ0n) is 21.6. The van der Waals surface area contributed by atoms with Crippen molar-refractivity contribution in [3.63, 3.8) is 0 Å². The van der Waals surface area contributed by atoms with E-state index in [0.717, 1.165) is 28.9 Å². The summed E-state index contributed by atoms with van der Waals surface area (Å²) in [5.74, 6) is -2.63. The quantitative estimate of drug-likeness (QED) is 0.287. The number of hydrogen-bond acceptors (Lipinski definition) is 3. The largest absolute Gasteiger partial charge is 0.394 e. The van der Waals surface area contributed by atoms with E-state index in [4.69, 9.17) is 0 Å². The lowest BCUT2D eigenvalue weighted by Gasteiger charge is -2.16. The van der Waals surface area contributed by atoms with Crippen LogP contribution in [0, 0.1) is 11.6 Å². The van der Waals surface area contributed by atoms with Gasteiger partial charge in [-0.25, -0.2) is 8.78 Å². The Labute approximate surface area is 220 Å². The van der Waals surface area contributed by atoms with Gasteiger partial charge in [0.25, 0.3) is 11.8 Å². The van der Waals surface area contributed by atoms with Crippen molar-refractivity contribution in [1.29, 1.82) is 0 Å². The van der Waals surface area contributed by atoms with E-state index in [0.29, 0.717) is 28.6 Å². The first-order valence-electron chi connectivity index (χ1n) is 12.5. The van der Waals surface area contributed by atoms with E-state index in [9.17, 15) is 23.5 Å². The minimum Gasteiger partial charge on any atom is -0.394 e. The molecule has 3 aromatic carbocycles. The Kier molecular flexibility index (Phi) is 8.22. The van der Waals surface area contributed by atoms with Gasteiger partial charge in [-0.15, -0.1) is 0 Å². The highest BCUT2D eigenvalue weighted by atomic mass is 19.2. The molecule has 0 radical (unpaired) electrons. The lowest BCUT2D eigenvalue weighted by Crippen LogP contribution is -2.34. The topological polar surface area (TPSA) is 83.4 Å².